The predicted octanol–water partition coefficient (Wildman–Crippen LogP) is 4.52. The highest BCUT2D eigenvalue weighted by Crippen LogP contribution is 2.41. The highest BCUT2D eigenvalue weighted by molar-refractivity contribution is 7.90. The van der Waals surface area contributed by atoms with Crippen molar-refractivity contribution in [3.8, 4) is 11.5 Å². The Labute approximate surface area is 316 Å². The van der Waals surface area contributed by atoms with Gasteiger partial charge in [0.1, 0.15) is 35.9 Å². The molecular formula is C39H48ClN3O9S. The van der Waals surface area contributed by atoms with E-state index in [9.17, 15) is 28.5 Å². The lowest BCUT2D eigenvalue weighted by atomic mass is 9.77. The molecule has 1 aliphatic heterocycles. The molecule has 53 heavy (non-hydrogen) atoms. The molecule has 4 N–H and O–H groups in total. The number of aliphatic hydroxyl groups is 2. The second-order valence-electron chi connectivity index (χ2n) is 13.9. The molecule has 2 aromatic carbocycles. The Hall–Kier alpha value is -3.82. The first kappa shape index (κ1) is 40.4. The van der Waals surface area contributed by atoms with Crippen LogP contribution in [-0.2, 0) is 32.5 Å². The normalized spacial score (nSPS) is 21.6. The first-order chi connectivity index (χ1) is 25.2. The minimum Gasteiger partial charge on any atom is -0.489 e. The fraction of sp³-hybridized carbons (Fsp3) is 0.436. The van der Waals surface area contributed by atoms with Crippen LogP contribution in [0.3, 0.4) is 0 Å². The first-order valence-electron chi connectivity index (χ1n) is 17.5. The van der Waals surface area contributed by atoms with Crippen molar-refractivity contribution >= 4 is 33.0 Å². The lowest BCUT2D eigenvalue weighted by molar-refractivity contribution is -0.145. The Morgan fingerprint density at radius 3 is 2.60 bits per heavy atom. The van der Waals surface area contributed by atoms with E-state index in [4.69, 9.17) is 25.8 Å². The molecule has 1 saturated heterocycles. The number of hydrogen-bond donors (Lipinski definition) is 4. The fourth-order valence-corrected chi connectivity index (χ4v) is 7.20. The van der Waals surface area contributed by atoms with E-state index in [1.807, 2.05) is 30.4 Å². The summed E-state index contributed by atoms with van der Waals surface area (Å²) >= 11 is 6.82. The third-order valence-corrected chi connectivity index (χ3v) is 11.2. The third kappa shape index (κ3) is 10.2. The van der Waals surface area contributed by atoms with Crippen molar-refractivity contribution in [2.45, 2.75) is 62.0 Å². The van der Waals surface area contributed by atoms with Crippen molar-refractivity contribution in [2.75, 3.05) is 45.7 Å². The topological polar surface area (TPSA) is 168 Å². The number of carbonyl (C=O) groups is 1. The smallest absolute Gasteiger partial charge is 0.326 e. The van der Waals surface area contributed by atoms with Gasteiger partial charge in [-0.1, -0.05) is 61.0 Å². The maximum Gasteiger partial charge on any atom is 0.326 e. The molecular weight excluding hydrogens is 722 g/mol. The Balaban J connectivity index is 1.41. The van der Waals surface area contributed by atoms with Gasteiger partial charge in [0.2, 0.25) is 0 Å². The molecule has 0 radical (unpaired) electrons. The minimum absolute atomic E-state index is 0.0353. The van der Waals surface area contributed by atoms with E-state index in [1.165, 1.54) is 25.4 Å². The number of aliphatic carboxylic acids is 1. The number of rotatable bonds is 18. The van der Waals surface area contributed by atoms with E-state index in [2.05, 4.69) is 40.3 Å². The molecule has 286 valence electrons. The summed E-state index contributed by atoms with van der Waals surface area (Å²) in [5.74, 6) is -0.767. The van der Waals surface area contributed by atoms with Crippen LogP contribution < -0.4 is 14.8 Å². The summed E-state index contributed by atoms with van der Waals surface area (Å²) < 4.78 is 43.7. The summed E-state index contributed by atoms with van der Waals surface area (Å²) in [6.07, 6.45) is 11.2. The van der Waals surface area contributed by atoms with E-state index in [1.54, 1.807) is 12.1 Å². The van der Waals surface area contributed by atoms with Crippen LogP contribution in [0.15, 0.2) is 84.0 Å². The number of β-amino-alcohol motifs (C(OH)–C–C–N with tert-alkyl or cyclic N) is 1. The average molecular weight is 770 g/mol. The quantitative estimate of drug-likeness (QED) is 0.134. The summed E-state index contributed by atoms with van der Waals surface area (Å²) in [5, 5.41) is 32.6. The molecule has 0 spiro atoms. The Morgan fingerprint density at radius 2 is 1.92 bits per heavy atom. The average Bonchev–Trinajstić information content (AvgIpc) is 3.56. The summed E-state index contributed by atoms with van der Waals surface area (Å²) in [5.41, 5.74) is 0.613. The Morgan fingerprint density at radius 1 is 1.15 bits per heavy atom. The molecule has 2 aliphatic rings. The van der Waals surface area contributed by atoms with Crippen LogP contribution >= 0.6 is 11.6 Å². The number of likely N-dealkylation sites (tertiary alicyclic amines) is 1. The van der Waals surface area contributed by atoms with Crippen molar-refractivity contribution < 1.29 is 42.7 Å². The van der Waals surface area contributed by atoms with Gasteiger partial charge >= 0.3 is 5.97 Å². The van der Waals surface area contributed by atoms with E-state index in [0.717, 1.165) is 43.3 Å². The van der Waals surface area contributed by atoms with Gasteiger partial charge in [-0.2, -0.15) is 0 Å². The van der Waals surface area contributed by atoms with Crippen LogP contribution in [0.1, 0.15) is 43.4 Å². The molecule has 3 unspecified atom stereocenters. The number of aliphatic hydroxyl groups excluding tert-OH is 2. The molecule has 2 heterocycles. The third-order valence-electron chi connectivity index (χ3n) is 9.82. The van der Waals surface area contributed by atoms with Crippen LogP contribution in [0, 0.1) is 5.92 Å². The molecule has 0 bridgehead atoms. The summed E-state index contributed by atoms with van der Waals surface area (Å²) in [7, 11) is -3.51. The number of allylic oxidation sites excluding steroid dienone is 2. The van der Waals surface area contributed by atoms with Crippen LogP contribution in [0.2, 0.25) is 5.02 Å². The van der Waals surface area contributed by atoms with Gasteiger partial charge in [-0.3, -0.25) is 15.1 Å². The highest BCUT2D eigenvalue weighted by atomic mass is 35.5. The maximum atomic E-state index is 12.1. The van der Waals surface area contributed by atoms with Gasteiger partial charge in [-0.15, -0.1) is 0 Å². The van der Waals surface area contributed by atoms with Crippen LogP contribution in [0.5, 0.6) is 11.5 Å². The van der Waals surface area contributed by atoms with Gasteiger partial charge in [0.05, 0.1) is 22.6 Å². The van der Waals surface area contributed by atoms with E-state index < -0.39 is 33.6 Å². The SMILES string of the molecule is CC1C(c2ccccc2)=CC=CC1(COc1cc(OCc2cncc(S(C)(=O)=O)c2)c(CNC(C)(CO)C(=O)O)cc1Cl)OCCCN1CC[C@@H](O)C1. The number of halogens is 1. The number of carboxylic acid groups (broad SMARTS) is 1. The van der Waals surface area contributed by atoms with Crippen LogP contribution in [0.25, 0.3) is 5.57 Å². The molecule has 5 rings (SSSR count). The van der Waals surface area contributed by atoms with E-state index in [0.29, 0.717) is 35.8 Å². The molecule has 1 aromatic heterocycles. The fourth-order valence-electron chi connectivity index (χ4n) is 6.34. The van der Waals surface area contributed by atoms with Crippen molar-refractivity contribution in [2.24, 2.45) is 5.92 Å². The number of nitrogens with one attached hydrogen (secondary N) is 1. The maximum absolute atomic E-state index is 12.1. The zero-order valence-electron chi connectivity index (χ0n) is 30.2. The van der Waals surface area contributed by atoms with Gasteiger partial charge in [0.25, 0.3) is 0 Å². The zero-order valence-corrected chi connectivity index (χ0v) is 31.8. The Bertz CT molecular complexity index is 1910. The predicted molar refractivity (Wildman–Crippen MR) is 202 cm³/mol. The molecule has 12 nitrogen and oxygen atoms in total. The minimum atomic E-state index is -3.51. The molecule has 1 fully saturated rings. The Kier molecular flexibility index (Phi) is 13.4. The number of sulfone groups is 1. The number of hydrogen-bond acceptors (Lipinski definition) is 11. The van der Waals surface area contributed by atoms with Crippen molar-refractivity contribution in [3.63, 3.8) is 0 Å². The van der Waals surface area contributed by atoms with Gasteiger partial charge < -0.3 is 34.4 Å². The summed E-state index contributed by atoms with van der Waals surface area (Å²) in [6.45, 7) is 5.57. The summed E-state index contributed by atoms with van der Waals surface area (Å²) in [6, 6.07) is 14.8. The number of nitrogens with zero attached hydrogens (tertiary/aromatic N) is 2. The molecule has 14 heteroatoms. The van der Waals surface area contributed by atoms with Crippen LogP contribution in [0.4, 0.5) is 0 Å². The second kappa shape index (κ2) is 17.5. The monoisotopic (exact) mass is 769 g/mol. The second-order valence-corrected chi connectivity index (χ2v) is 16.3. The van der Waals surface area contributed by atoms with Gasteiger partial charge in [0, 0.05) is 74.5 Å². The number of carboxylic acids is 1. The molecule has 4 atom stereocenters. The van der Waals surface area contributed by atoms with Crippen molar-refractivity contribution in [3.05, 3.63) is 101 Å². The molecule has 1 aliphatic carbocycles. The summed E-state index contributed by atoms with van der Waals surface area (Å²) in [4.78, 5) is 18.2. The first-order valence-corrected chi connectivity index (χ1v) is 19.8. The molecule has 0 saturated carbocycles. The number of pyridine rings is 1. The lowest BCUT2D eigenvalue weighted by Crippen LogP contribution is -2.52. The molecule has 3 aromatic rings. The van der Waals surface area contributed by atoms with Crippen molar-refractivity contribution in [1.82, 2.24) is 15.2 Å². The highest BCUT2D eigenvalue weighted by Gasteiger charge is 2.40. The standard InChI is InChI=1S/C39H48ClN3O9S/c1-27-33(29-9-5-4-6-10-29)11-7-13-39(27,52-16-8-14-43-15-12-31(45)23-43)26-51-36-19-35(50-24-28-17-32(22-41-20-28)53(3,48)49)30(18-34(36)40)21-42-38(2,25-44)37(46)47/h4-7,9-11,13,17-20,22,27,31,42,44-45H,8,12,14-16,21,23-26H2,1-3H3,(H,46,47)/t27?,31-,38?,39?/m1/s1. The zero-order chi connectivity index (χ0) is 38.2. The van der Waals surface area contributed by atoms with E-state index >= 15 is 0 Å². The van der Waals surface area contributed by atoms with Crippen LogP contribution in [-0.4, -0.2) is 103 Å². The molecule has 0 amide bonds. The largest absolute Gasteiger partial charge is 0.489 e. The number of ether oxygens (including phenoxy) is 3. The van der Waals surface area contributed by atoms with E-state index in [-0.39, 0.29) is 41.7 Å². The number of benzene rings is 2. The van der Waals surface area contributed by atoms with Crippen molar-refractivity contribution in [1.29, 1.82) is 0 Å². The van der Waals surface area contributed by atoms with Gasteiger partial charge in [-0.05, 0) is 49.1 Å². The number of aromatic nitrogens is 1. The van der Waals surface area contributed by atoms with Gasteiger partial charge in [-0.25, -0.2) is 8.42 Å². The lowest BCUT2D eigenvalue weighted by Gasteiger charge is -2.40. The van der Waals surface area contributed by atoms with Gasteiger partial charge in [0.15, 0.2) is 9.84 Å².